The molecule has 27 heavy (non-hydrogen) atoms. The average molecular weight is 391 g/mol. The van der Waals surface area contributed by atoms with Crippen LogP contribution >= 0.6 is 0 Å². The van der Waals surface area contributed by atoms with Crippen molar-refractivity contribution in [2.24, 2.45) is 0 Å². The number of carbonyl (C=O) groups excluding carboxylic acids is 1. The van der Waals surface area contributed by atoms with Gasteiger partial charge in [0.25, 0.3) is 0 Å². The number of aryl methyl sites for hydroxylation is 1. The number of hydrogen-bond acceptors (Lipinski definition) is 4. The monoisotopic (exact) mass is 390 g/mol. The zero-order chi connectivity index (χ0) is 19.5. The van der Waals surface area contributed by atoms with Crippen molar-refractivity contribution >= 4 is 15.9 Å². The van der Waals surface area contributed by atoms with Gasteiger partial charge in [-0.25, -0.2) is 13.1 Å². The lowest BCUT2D eigenvalue weighted by Gasteiger charge is -2.09. The van der Waals surface area contributed by atoms with Crippen LogP contribution in [0.5, 0.6) is 5.75 Å². The molecule has 0 unspecified atom stereocenters. The van der Waals surface area contributed by atoms with Crippen LogP contribution in [0.1, 0.15) is 25.3 Å². The van der Waals surface area contributed by atoms with E-state index in [9.17, 15) is 13.2 Å². The minimum Gasteiger partial charge on any atom is -0.494 e. The van der Waals surface area contributed by atoms with Crippen molar-refractivity contribution in [2.75, 3.05) is 19.7 Å². The van der Waals surface area contributed by atoms with Crippen LogP contribution in [-0.2, 0) is 21.2 Å². The van der Waals surface area contributed by atoms with Crippen molar-refractivity contribution in [3.63, 3.8) is 0 Å². The van der Waals surface area contributed by atoms with Crippen LogP contribution in [0.2, 0.25) is 0 Å². The highest BCUT2D eigenvalue weighted by Crippen LogP contribution is 2.11. The van der Waals surface area contributed by atoms with Crippen molar-refractivity contribution in [3.8, 4) is 5.75 Å². The number of para-hydroxylation sites is 1. The molecule has 0 saturated heterocycles. The quantitative estimate of drug-likeness (QED) is 0.578. The molecular formula is C20H26N2O4S. The fraction of sp³-hybridized carbons (Fsp3) is 0.350. The molecule has 0 heterocycles. The molecule has 146 valence electrons. The van der Waals surface area contributed by atoms with Gasteiger partial charge in [0.15, 0.2) is 0 Å². The lowest BCUT2D eigenvalue weighted by molar-refractivity contribution is -0.121. The molecule has 7 heteroatoms. The second kappa shape index (κ2) is 10.7. The molecular weight excluding hydrogens is 364 g/mol. The molecule has 0 atom stereocenters. The number of carbonyl (C=O) groups is 1. The Balaban J connectivity index is 1.61. The minimum absolute atomic E-state index is 0.127. The van der Waals surface area contributed by atoms with E-state index in [4.69, 9.17) is 4.74 Å². The second-order valence-electron chi connectivity index (χ2n) is 6.01. The normalized spacial score (nSPS) is 11.1. The van der Waals surface area contributed by atoms with Crippen LogP contribution in [0.3, 0.4) is 0 Å². The molecule has 6 nitrogen and oxygen atoms in total. The third kappa shape index (κ3) is 7.40. The third-order valence-corrected chi connectivity index (χ3v) is 5.42. The van der Waals surface area contributed by atoms with Gasteiger partial charge >= 0.3 is 0 Å². The van der Waals surface area contributed by atoms with Crippen molar-refractivity contribution in [1.82, 2.24) is 10.0 Å². The average Bonchev–Trinajstić information content (AvgIpc) is 2.69. The van der Waals surface area contributed by atoms with Gasteiger partial charge in [-0.2, -0.15) is 0 Å². The summed E-state index contributed by atoms with van der Waals surface area (Å²) in [6.07, 6.45) is 1.78. The highest BCUT2D eigenvalue weighted by atomic mass is 32.2. The maximum absolute atomic E-state index is 12.2. The minimum atomic E-state index is -3.56. The molecule has 2 aromatic carbocycles. The fourth-order valence-electron chi connectivity index (χ4n) is 2.40. The Bertz CT molecular complexity index is 806. The first-order valence-corrected chi connectivity index (χ1v) is 10.5. The van der Waals surface area contributed by atoms with Gasteiger partial charge in [0, 0.05) is 19.5 Å². The van der Waals surface area contributed by atoms with Crippen LogP contribution in [0.15, 0.2) is 59.5 Å². The molecule has 0 bridgehead atoms. The lowest BCUT2D eigenvalue weighted by Crippen LogP contribution is -2.34. The molecule has 0 aliphatic rings. The van der Waals surface area contributed by atoms with E-state index in [1.54, 1.807) is 24.3 Å². The molecule has 1 amide bonds. The molecule has 2 aromatic rings. The topological polar surface area (TPSA) is 84.5 Å². The Morgan fingerprint density at radius 1 is 1.00 bits per heavy atom. The predicted octanol–water partition coefficient (Wildman–Crippen LogP) is 2.50. The Labute approximate surface area is 161 Å². The van der Waals surface area contributed by atoms with Crippen LogP contribution < -0.4 is 14.8 Å². The van der Waals surface area contributed by atoms with Crippen LogP contribution in [0.25, 0.3) is 0 Å². The van der Waals surface area contributed by atoms with Crippen molar-refractivity contribution < 1.29 is 17.9 Å². The van der Waals surface area contributed by atoms with E-state index >= 15 is 0 Å². The standard InChI is InChI=1S/C20H26N2O4S/c1-2-17-10-12-19(13-11-17)27(24,25)22-15-14-21-20(23)9-6-16-26-18-7-4-3-5-8-18/h3-5,7-8,10-13,22H,2,6,9,14-16H2,1H3,(H,21,23). The fourth-order valence-corrected chi connectivity index (χ4v) is 3.43. The Kier molecular flexibility index (Phi) is 8.29. The Morgan fingerprint density at radius 2 is 1.70 bits per heavy atom. The SMILES string of the molecule is CCc1ccc(S(=O)(=O)NCCNC(=O)CCCOc2ccccc2)cc1. The number of ether oxygens (including phenoxy) is 1. The van der Waals surface area contributed by atoms with Gasteiger partial charge in [-0.1, -0.05) is 37.3 Å². The van der Waals surface area contributed by atoms with Crippen LogP contribution in [0, 0.1) is 0 Å². The molecule has 0 aromatic heterocycles. The van der Waals surface area contributed by atoms with E-state index in [0.29, 0.717) is 19.4 Å². The van der Waals surface area contributed by atoms with E-state index in [2.05, 4.69) is 10.0 Å². The molecule has 0 saturated carbocycles. The van der Waals surface area contributed by atoms with Gasteiger partial charge in [0.1, 0.15) is 5.75 Å². The second-order valence-corrected chi connectivity index (χ2v) is 7.78. The number of rotatable bonds is 11. The maximum atomic E-state index is 12.2. The molecule has 0 aliphatic heterocycles. The summed E-state index contributed by atoms with van der Waals surface area (Å²) in [4.78, 5) is 12.0. The summed E-state index contributed by atoms with van der Waals surface area (Å²) in [5.74, 6) is 0.650. The number of sulfonamides is 1. The molecule has 0 aliphatic carbocycles. The van der Waals surface area contributed by atoms with E-state index in [0.717, 1.165) is 17.7 Å². The first-order valence-electron chi connectivity index (χ1n) is 9.04. The van der Waals surface area contributed by atoms with E-state index < -0.39 is 10.0 Å². The van der Waals surface area contributed by atoms with E-state index in [1.807, 2.05) is 37.3 Å². The summed E-state index contributed by atoms with van der Waals surface area (Å²) < 4.78 is 32.4. The van der Waals surface area contributed by atoms with Gasteiger partial charge < -0.3 is 10.1 Å². The number of hydrogen-bond donors (Lipinski definition) is 2. The first-order chi connectivity index (χ1) is 13.0. The molecule has 2 N–H and O–H groups in total. The van der Waals surface area contributed by atoms with Gasteiger partial charge in [0.2, 0.25) is 15.9 Å². The van der Waals surface area contributed by atoms with Crippen molar-refractivity contribution in [3.05, 3.63) is 60.2 Å². The zero-order valence-corrected chi connectivity index (χ0v) is 16.3. The van der Waals surface area contributed by atoms with Crippen molar-refractivity contribution in [2.45, 2.75) is 31.1 Å². The van der Waals surface area contributed by atoms with Crippen LogP contribution in [-0.4, -0.2) is 34.0 Å². The first kappa shape index (κ1) is 20.9. The molecule has 2 rings (SSSR count). The smallest absolute Gasteiger partial charge is 0.240 e. The van der Waals surface area contributed by atoms with Crippen molar-refractivity contribution in [1.29, 1.82) is 0 Å². The molecule has 0 fully saturated rings. The number of benzene rings is 2. The predicted molar refractivity (Wildman–Crippen MR) is 105 cm³/mol. The van der Waals surface area contributed by atoms with E-state index in [1.165, 1.54) is 0 Å². The summed E-state index contributed by atoms with van der Waals surface area (Å²) in [6, 6.07) is 16.2. The third-order valence-electron chi connectivity index (χ3n) is 3.94. The Hall–Kier alpha value is -2.38. The zero-order valence-electron chi connectivity index (χ0n) is 15.5. The summed E-state index contributed by atoms with van der Waals surface area (Å²) in [6.45, 7) is 2.85. The molecule has 0 radical (unpaired) electrons. The Morgan fingerprint density at radius 3 is 2.37 bits per heavy atom. The van der Waals surface area contributed by atoms with Crippen LogP contribution in [0.4, 0.5) is 0 Å². The summed E-state index contributed by atoms with van der Waals surface area (Å²) >= 11 is 0. The summed E-state index contributed by atoms with van der Waals surface area (Å²) in [7, 11) is -3.56. The number of amides is 1. The number of nitrogens with one attached hydrogen (secondary N) is 2. The summed E-state index contributed by atoms with van der Waals surface area (Å²) in [5, 5.41) is 2.70. The molecule has 0 spiro atoms. The largest absolute Gasteiger partial charge is 0.494 e. The highest BCUT2D eigenvalue weighted by molar-refractivity contribution is 7.89. The highest BCUT2D eigenvalue weighted by Gasteiger charge is 2.13. The van der Waals surface area contributed by atoms with E-state index in [-0.39, 0.29) is 23.9 Å². The maximum Gasteiger partial charge on any atom is 0.240 e. The van der Waals surface area contributed by atoms with Gasteiger partial charge in [-0.05, 0) is 42.7 Å². The van der Waals surface area contributed by atoms with Gasteiger partial charge in [-0.3, -0.25) is 4.79 Å². The van der Waals surface area contributed by atoms with Gasteiger partial charge in [-0.15, -0.1) is 0 Å². The van der Waals surface area contributed by atoms with Gasteiger partial charge in [0.05, 0.1) is 11.5 Å². The lowest BCUT2D eigenvalue weighted by atomic mass is 10.2. The summed E-state index contributed by atoms with van der Waals surface area (Å²) in [5.41, 5.74) is 1.08.